The van der Waals surface area contributed by atoms with Gasteiger partial charge in [-0.25, -0.2) is 4.57 Å². The van der Waals surface area contributed by atoms with Crippen molar-refractivity contribution in [2.45, 2.75) is 277 Å². The molecule has 448 valence electrons. The van der Waals surface area contributed by atoms with E-state index in [1.165, 1.54) is 83.5 Å². The predicted octanol–water partition coefficient (Wildman–Crippen LogP) is 18.8. The number of carbonyl (C=O) groups excluding carboxylic acids is 3. The predicted molar refractivity (Wildman–Crippen MR) is 325 cm³/mol. The summed E-state index contributed by atoms with van der Waals surface area (Å²) in [7, 11) is -4.77. The molecule has 2 N–H and O–H groups in total. The Labute approximate surface area is 476 Å². The van der Waals surface area contributed by atoms with Crippen molar-refractivity contribution in [2.75, 3.05) is 26.4 Å². The van der Waals surface area contributed by atoms with E-state index in [0.717, 1.165) is 122 Å². The minimum atomic E-state index is -4.77. The zero-order chi connectivity index (χ0) is 56.9. The molecule has 0 radical (unpaired) electrons. The summed E-state index contributed by atoms with van der Waals surface area (Å²) in [6.45, 7) is 4.39. The number of aliphatic hydroxyl groups is 1. The summed E-state index contributed by atoms with van der Waals surface area (Å²) >= 11 is 0. The van der Waals surface area contributed by atoms with Gasteiger partial charge in [-0.05, 0) is 96.3 Å². The van der Waals surface area contributed by atoms with E-state index in [2.05, 4.69) is 118 Å². The number of ether oxygens (including phenoxy) is 3. The largest absolute Gasteiger partial charge is 0.472 e. The normalized spacial score (nSPS) is 14.0. The van der Waals surface area contributed by atoms with E-state index in [1.807, 2.05) is 0 Å². The molecule has 0 amide bonds. The summed E-state index contributed by atoms with van der Waals surface area (Å²) in [5.41, 5.74) is 0. The highest BCUT2D eigenvalue weighted by atomic mass is 31.2. The monoisotopic (exact) mass is 1110 g/mol. The number of rotatable bonds is 57. The van der Waals surface area contributed by atoms with Crippen molar-refractivity contribution in [1.82, 2.24) is 0 Å². The van der Waals surface area contributed by atoms with Gasteiger partial charge in [-0.2, -0.15) is 0 Å². The van der Waals surface area contributed by atoms with Gasteiger partial charge in [0.25, 0.3) is 0 Å². The van der Waals surface area contributed by atoms with Crippen LogP contribution in [0.25, 0.3) is 0 Å². The maximum atomic E-state index is 12.9. The average Bonchev–Trinajstić information content (AvgIpc) is 3.43. The molecule has 0 bridgehead atoms. The van der Waals surface area contributed by atoms with Gasteiger partial charge in [-0.1, -0.05) is 246 Å². The van der Waals surface area contributed by atoms with E-state index in [9.17, 15) is 28.9 Å². The molecule has 78 heavy (non-hydrogen) atoms. The van der Waals surface area contributed by atoms with Crippen molar-refractivity contribution in [2.24, 2.45) is 0 Å². The first-order chi connectivity index (χ1) is 38.2. The van der Waals surface area contributed by atoms with Crippen LogP contribution in [0.4, 0.5) is 0 Å². The lowest BCUT2D eigenvalue weighted by Crippen LogP contribution is -2.30. The Bertz CT molecular complexity index is 1680. The van der Waals surface area contributed by atoms with E-state index < -0.39 is 57.8 Å². The molecule has 0 aromatic rings. The van der Waals surface area contributed by atoms with Crippen molar-refractivity contribution < 1.29 is 52.2 Å². The van der Waals surface area contributed by atoms with Crippen LogP contribution in [0.15, 0.2) is 97.2 Å². The molecule has 0 heterocycles. The third-order valence-electron chi connectivity index (χ3n) is 13.0. The maximum Gasteiger partial charge on any atom is 0.472 e. The summed E-state index contributed by atoms with van der Waals surface area (Å²) in [5.74, 6) is -1.52. The number of allylic oxidation sites excluding steroid dienone is 16. The molecule has 0 fully saturated rings. The lowest BCUT2D eigenvalue weighted by Gasteiger charge is -2.21. The first-order valence-corrected chi connectivity index (χ1v) is 32.6. The minimum absolute atomic E-state index is 0.153. The smallest absolute Gasteiger partial charge is 0.462 e. The second-order valence-corrected chi connectivity index (χ2v) is 21.9. The third-order valence-corrected chi connectivity index (χ3v) is 14.0. The van der Waals surface area contributed by atoms with Crippen LogP contribution in [0.1, 0.15) is 265 Å². The Kier molecular flexibility index (Phi) is 56.8. The van der Waals surface area contributed by atoms with Gasteiger partial charge in [-0.15, -0.1) is 0 Å². The van der Waals surface area contributed by atoms with Crippen molar-refractivity contribution in [3.05, 3.63) is 97.2 Å². The Balaban J connectivity index is 4.77. The fraction of sp³-hybridized carbons (Fsp3) is 0.712. The van der Waals surface area contributed by atoms with Crippen molar-refractivity contribution >= 4 is 25.7 Å². The van der Waals surface area contributed by atoms with E-state index in [-0.39, 0.29) is 25.9 Å². The number of aliphatic hydroxyl groups excluding tert-OH is 1. The summed E-state index contributed by atoms with van der Waals surface area (Å²) in [6.07, 6.45) is 70.7. The minimum Gasteiger partial charge on any atom is -0.462 e. The van der Waals surface area contributed by atoms with Gasteiger partial charge in [-0.3, -0.25) is 23.4 Å². The fourth-order valence-corrected chi connectivity index (χ4v) is 9.12. The third kappa shape index (κ3) is 57.1. The van der Waals surface area contributed by atoms with Crippen LogP contribution >= 0.6 is 7.82 Å². The summed E-state index contributed by atoms with van der Waals surface area (Å²) in [6, 6.07) is 0. The second-order valence-electron chi connectivity index (χ2n) is 20.5. The summed E-state index contributed by atoms with van der Waals surface area (Å²) in [5, 5.41) is 9.84. The molecule has 0 spiro atoms. The molecular weight excluding hydrogens is 1000 g/mol. The van der Waals surface area contributed by atoms with Crippen molar-refractivity contribution in [3.63, 3.8) is 0 Å². The van der Waals surface area contributed by atoms with E-state index in [0.29, 0.717) is 19.3 Å². The van der Waals surface area contributed by atoms with Gasteiger partial charge < -0.3 is 24.2 Å². The summed E-state index contributed by atoms with van der Waals surface area (Å²) < 4.78 is 39.6. The highest BCUT2D eigenvalue weighted by Crippen LogP contribution is 2.43. The number of unbranched alkanes of at least 4 members (excludes halogenated alkanes) is 24. The Hall–Kier alpha value is -3.60. The fourth-order valence-electron chi connectivity index (χ4n) is 8.34. The maximum absolute atomic E-state index is 12.9. The van der Waals surface area contributed by atoms with Gasteiger partial charge in [0.1, 0.15) is 12.7 Å². The summed E-state index contributed by atoms with van der Waals surface area (Å²) in [4.78, 5) is 48.7. The molecule has 12 heteroatoms. The molecule has 0 saturated carbocycles. The van der Waals surface area contributed by atoms with E-state index in [4.69, 9.17) is 23.3 Å². The van der Waals surface area contributed by atoms with E-state index >= 15 is 0 Å². The lowest BCUT2D eigenvalue weighted by molar-refractivity contribution is -0.161. The van der Waals surface area contributed by atoms with Crippen LogP contribution in [0.3, 0.4) is 0 Å². The van der Waals surface area contributed by atoms with Gasteiger partial charge in [0.15, 0.2) is 6.10 Å². The number of phosphoric acid groups is 1. The first kappa shape index (κ1) is 74.4. The zero-order valence-corrected chi connectivity index (χ0v) is 50.5. The Morgan fingerprint density at radius 3 is 1.04 bits per heavy atom. The van der Waals surface area contributed by atoms with E-state index in [1.54, 1.807) is 0 Å². The van der Waals surface area contributed by atoms with Gasteiger partial charge in [0.2, 0.25) is 0 Å². The second kappa shape index (κ2) is 59.5. The van der Waals surface area contributed by atoms with Crippen LogP contribution < -0.4 is 0 Å². The lowest BCUT2D eigenvalue weighted by atomic mass is 10.0. The number of esters is 3. The van der Waals surface area contributed by atoms with Gasteiger partial charge in [0.05, 0.1) is 19.8 Å². The number of hydrogen-bond acceptors (Lipinski definition) is 10. The zero-order valence-electron chi connectivity index (χ0n) is 49.6. The molecule has 0 rings (SSSR count). The topological polar surface area (TPSA) is 155 Å². The molecule has 3 unspecified atom stereocenters. The highest BCUT2D eigenvalue weighted by Gasteiger charge is 2.28. The molecule has 0 aromatic carbocycles. The van der Waals surface area contributed by atoms with Gasteiger partial charge >= 0.3 is 25.7 Å². The van der Waals surface area contributed by atoms with Crippen LogP contribution in [0.5, 0.6) is 0 Å². The number of carbonyl (C=O) groups is 3. The Morgan fingerprint density at radius 2 is 0.667 bits per heavy atom. The highest BCUT2D eigenvalue weighted by molar-refractivity contribution is 7.47. The SMILES string of the molecule is CC/C=C\C/C=C\C/C=C\C/C=C\C/C=C\CCCCCC(=O)OCC(COP(=O)(O)OCC(CO)OC(=O)CCCCCCC/C=C\C/C=C\C/C=C\CC)OC(=O)CCCCCCCCCCCCCCCCCCC. The molecule has 0 saturated heterocycles. The van der Waals surface area contributed by atoms with Crippen LogP contribution in [0.2, 0.25) is 0 Å². The van der Waals surface area contributed by atoms with Crippen molar-refractivity contribution in [1.29, 1.82) is 0 Å². The molecule has 0 aliphatic rings. The molecular formula is C66H113O11P. The van der Waals surface area contributed by atoms with Crippen molar-refractivity contribution in [3.8, 4) is 0 Å². The number of hydrogen-bond donors (Lipinski definition) is 2. The molecule has 0 aliphatic carbocycles. The van der Waals surface area contributed by atoms with Crippen LogP contribution in [0, 0.1) is 0 Å². The molecule has 0 aliphatic heterocycles. The molecule has 0 aromatic heterocycles. The van der Waals surface area contributed by atoms with Crippen LogP contribution in [-0.4, -0.2) is 66.5 Å². The average molecular weight is 1110 g/mol. The molecule has 11 nitrogen and oxygen atoms in total. The van der Waals surface area contributed by atoms with Crippen LogP contribution in [-0.2, 0) is 42.2 Å². The van der Waals surface area contributed by atoms with Gasteiger partial charge in [0, 0.05) is 19.3 Å². The quantitative estimate of drug-likeness (QED) is 0.0197. The standard InChI is InChI=1S/C66H113O11P/c1-4-7-10-13-16-19-22-25-28-30-31-33-35-37-40-43-46-49-52-55-64(68)73-59-63(77-66(70)57-54-51-48-45-42-39-36-32-29-26-23-20-17-14-11-8-5-2)61-75-78(71,72)74-60-62(58-67)76-65(69)56-53-50-47-44-41-38-34-27-24-21-18-15-12-9-6-3/h7,9-10,12,16,18-19,21,25,27-28,31,33-34,37,40,62-63,67H,4-6,8,11,13-15,17,20,22-24,26,29-30,32,35-36,38-39,41-61H2,1-3H3,(H,71,72)/b10-7-,12-9-,19-16-,21-18-,28-25-,33-31-,34-27-,40-37-. The molecule has 3 atom stereocenters. The Morgan fingerprint density at radius 1 is 0.372 bits per heavy atom. The number of phosphoric ester groups is 1. The first-order valence-electron chi connectivity index (χ1n) is 31.1.